The van der Waals surface area contributed by atoms with Crippen LogP contribution in [0.2, 0.25) is 0 Å². The van der Waals surface area contributed by atoms with Crippen LogP contribution in [0.5, 0.6) is 0 Å². The molecule has 2 fully saturated rings. The van der Waals surface area contributed by atoms with Gasteiger partial charge in [0.1, 0.15) is 10.8 Å². The third-order valence-electron chi connectivity index (χ3n) is 4.69. The second kappa shape index (κ2) is 4.41. The topological polar surface area (TPSA) is 30.0 Å². The molecule has 2 unspecified atom stereocenters. The predicted molar refractivity (Wildman–Crippen MR) is 77.3 cm³/mol. The lowest BCUT2D eigenvalue weighted by molar-refractivity contribution is -0.120. The molecule has 2 aliphatic carbocycles. The molecule has 0 saturated heterocycles. The van der Waals surface area contributed by atoms with Gasteiger partial charge in [-0.25, -0.2) is 4.98 Å². The van der Waals surface area contributed by atoms with E-state index < -0.39 is 0 Å². The van der Waals surface area contributed by atoms with E-state index in [4.69, 9.17) is 0 Å². The van der Waals surface area contributed by atoms with Crippen molar-refractivity contribution in [2.75, 3.05) is 0 Å². The molecule has 2 aliphatic rings. The van der Waals surface area contributed by atoms with Gasteiger partial charge in [-0.2, -0.15) is 0 Å². The first-order valence-electron chi connectivity index (χ1n) is 7.20. The summed E-state index contributed by atoms with van der Waals surface area (Å²) in [6.45, 7) is 0. The van der Waals surface area contributed by atoms with Gasteiger partial charge in [-0.3, -0.25) is 4.79 Å². The first kappa shape index (κ1) is 11.6. The van der Waals surface area contributed by atoms with Gasteiger partial charge in [0.2, 0.25) is 0 Å². The van der Waals surface area contributed by atoms with E-state index in [0.29, 0.717) is 18.1 Å². The monoisotopic (exact) mass is 271 g/mol. The maximum absolute atomic E-state index is 12.4. The molecule has 2 atom stereocenters. The molecule has 19 heavy (non-hydrogen) atoms. The third kappa shape index (κ3) is 2.00. The molecule has 2 saturated carbocycles. The highest BCUT2D eigenvalue weighted by Crippen LogP contribution is 2.56. The molecular weight excluding hydrogens is 254 g/mol. The summed E-state index contributed by atoms with van der Waals surface area (Å²) in [5, 5.41) is 0.995. The molecule has 0 spiro atoms. The van der Waals surface area contributed by atoms with Crippen molar-refractivity contribution >= 4 is 27.3 Å². The normalized spacial score (nSPS) is 29.2. The lowest BCUT2D eigenvalue weighted by Crippen LogP contribution is -2.07. The number of nitrogens with zero attached hydrogens (tertiary/aromatic N) is 1. The molecule has 0 aliphatic heterocycles. The number of rotatable bonds is 3. The summed E-state index contributed by atoms with van der Waals surface area (Å²) in [5.74, 6) is 2.25. The molecule has 0 N–H and O–H groups in total. The minimum atomic E-state index is 0.370. The molecule has 2 nitrogen and oxygen atoms in total. The van der Waals surface area contributed by atoms with Crippen LogP contribution >= 0.6 is 11.3 Å². The lowest BCUT2D eigenvalue weighted by atomic mass is 10.0. The molecule has 4 rings (SSSR count). The summed E-state index contributed by atoms with van der Waals surface area (Å²) >= 11 is 1.67. The van der Waals surface area contributed by atoms with Crippen LogP contribution < -0.4 is 0 Å². The summed E-state index contributed by atoms with van der Waals surface area (Å²) in [4.78, 5) is 17.0. The van der Waals surface area contributed by atoms with Gasteiger partial charge in [-0.1, -0.05) is 25.0 Å². The molecule has 1 aromatic carbocycles. The molecule has 0 radical (unpaired) electrons. The van der Waals surface area contributed by atoms with Gasteiger partial charge < -0.3 is 0 Å². The van der Waals surface area contributed by atoms with Gasteiger partial charge in [0.15, 0.2) is 0 Å². The highest BCUT2D eigenvalue weighted by Gasteiger charge is 2.54. The van der Waals surface area contributed by atoms with Gasteiger partial charge in [-0.05, 0) is 36.8 Å². The summed E-state index contributed by atoms with van der Waals surface area (Å²) in [5.41, 5.74) is 1.03. The number of ketones is 1. The average Bonchev–Trinajstić information content (AvgIpc) is 3.02. The molecule has 0 bridgehead atoms. The van der Waals surface area contributed by atoms with Crippen molar-refractivity contribution in [2.24, 2.45) is 17.8 Å². The fourth-order valence-electron chi connectivity index (χ4n) is 3.73. The number of hydrogen-bond donors (Lipinski definition) is 0. The van der Waals surface area contributed by atoms with Crippen molar-refractivity contribution in [1.29, 1.82) is 0 Å². The molecule has 3 heteroatoms. The molecule has 0 amide bonds. The number of fused-ring (bicyclic) bond motifs is 2. The predicted octanol–water partition coefficient (Wildman–Crippen LogP) is 3.84. The van der Waals surface area contributed by atoms with E-state index in [-0.39, 0.29) is 0 Å². The van der Waals surface area contributed by atoms with E-state index in [2.05, 4.69) is 11.1 Å². The highest BCUT2D eigenvalue weighted by molar-refractivity contribution is 7.18. The summed E-state index contributed by atoms with van der Waals surface area (Å²) < 4.78 is 1.19. The molecule has 1 aromatic heterocycles. The Balaban J connectivity index is 1.50. The van der Waals surface area contributed by atoms with Crippen LogP contribution in [-0.4, -0.2) is 10.8 Å². The van der Waals surface area contributed by atoms with Crippen LogP contribution in [0.15, 0.2) is 24.3 Å². The number of hydrogen-bond acceptors (Lipinski definition) is 3. The lowest BCUT2D eigenvalue weighted by Gasteiger charge is -2.04. The van der Waals surface area contributed by atoms with Crippen LogP contribution in [0.4, 0.5) is 0 Å². The van der Waals surface area contributed by atoms with Crippen LogP contribution in [0.25, 0.3) is 10.2 Å². The summed E-state index contributed by atoms with van der Waals surface area (Å²) in [7, 11) is 0. The molecular formula is C16H17NOS. The number of thiazole rings is 1. The Morgan fingerprint density at radius 2 is 1.95 bits per heavy atom. The van der Waals surface area contributed by atoms with E-state index in [1.807, 2.05) is 18.2 Å². The molecule has 1 heterocycles. The molecule has 98 valence electrons. The standard InChI is InChI=1S/C16H17NOS/c18-13(16-10-5-1-2-6-11(10)16)9-15-17-12-7-3-4-8-14(12)19-15/h3-4,7-8,10-11,16H,1-2,5-6,9H2. The van der Waals surface area contributed by atoms with Crippen molar-refractivity contribution in [2.45, 2.75) is 32.1 Å². The van der Waals surface area contributed by atoms with E-state index in [0.717, 1.165) is 22.4 Å². The average molecular weight is 271 g/mol. The zero-order chi connectivity index (χ0) is 12.8. The number of Topliss-reactive ketones (excluding diaryl/α,β-unsaturated/α-hetero) is 1. The number of carbonyl (C=O) groups is 1. The number of benzene rings is 1. The second-order valence-corrected chi connectivity index (χ2v) is 6.97. The first-order chi connectivity index (χ1) is 9.33. The fraction of sp³-hybridized carbons (Fsp3) is 0.500. The largest absolute Gasteiger partial charge is 0.299 e. The highest BCUT2D eigenvalue weighted by atomic mass is 32.1. The Morgan fingerprint density at radius 1 is 1.21 bits per heavy atom. The van der Waals surface area contributed by atoms with E-state index in [9.17, 15) is 4.79 Å². The van der Waals surface area contributed by atoms with Crippen LogP contribution in [0, 0.1) is 17.8 Å². The summed E-state index contributed by atoms with van der Waals surface area (Å²) in [6.07, 6.45) is 5.76. The van der Waals surface area contributed by atoms with Crippen molar-refractivity contribution in [3.8, 4) is 0 Å². The Labute approximate surface area is 116 Å². The molecule has 2 aromatic rings. The van der Waals surface area contributed by atoms with Crippen LogP contribution in [0.3, 0.4) is 0 Å². The van der Waals surface area contributed by atoms with E-state index >= 15 is 0 Å². The van der Waals surface area contributed by atoms with Gasteiger partial charge in [-0.15, -0.1) is 11.3 Å². The van der Waals surface area contributed by atoms with Gasteiger partial charge in [0.25, 0.3) is 0 Å². The SMILES string of the molecule is O=C(Cc1nc2ccccc2s1)C1C2CCCCC21. The summed E-state index contributed by atoms with van der Waals surface area (Å²) in [6, 6.07) is 8.14. The van der Waals surface area contributed by atoms with E-state index in [1.165, 1.54) is 30.4 Å². The Bertz CT molecular complexity index is 587. The van der Waals surface area contributed by atoms with Crippen LogP contribution in [-0.2, 0) is 11.2 Å². The van der Waals surface area contributed by atoms with Crippen molar-refractivity contribution in [3.63, 3.8) is 0 Å². The van der Waals surface area contributed by atoms with Gasteiger partial charge in [0, 0.05) is 5.92 Å². The van der Waals surface area contributed by atoms with Crippen molar-refractivity contribution in [3.05, 3.63) is 29.3 Å². The van der Waals surface area contributed by atoms with E-state index in [1.54, 1.807) is 11.3 Å². The van der Waals surface area contributed by atoms with Crippen LogP contribution in [0.1, 0.15) is 30.7 Å². The van der Waals surface area contributed by atoms with Gasteiger partial charge in [0.05, 0.1) is 16.6 Å². The first-order valence-corrected chi connectivity index (χ1v) is 8.02. The Kier molecular flexibility index (Phi) is 2.69. The minimum Gasteiger partial charge on any atom is -0.299 e. The quantitative estimate of drug-likeness (QED) is 0.849. The number of aromatic nitrogens is 1. The maximum Gasteiger partial charge on any atom is 0.143 e. The fourth-order valence-corrected chi connectivity index (χ4v) is 4.71. The number of carbonyl (C=O) groups excluding carboxylic acids is 1. The van der Waals surface area contributed by atoms with Gasteiger partial charge >= 0.3 is 0 Å². The number of para-hydroxylation sites is 1. The smallest absolute Gasteiger partial charge is 0.143 e. The minimum absolute atomic E-state index is 0.370. The van der Waals surface area contributed by atoms with Crippen molar-refractivity contribution in [1.82, 2.24) is 4.98 Å². The van der Waals surface area contributed by atoms with Crippen molar-refractivity contribution < 1.29 is 4.79 Å². The third-order valence-corrected chi connectivity index (χ3v) is 5.73. The Morgan fingerprint density at radius 3 is 2.68 bits per heavy atom. The zero-order valence-electron chi connectivity index (χ0n) is 10.8. The maximum atomic E-state index is 12.4. The Hall–Kier alpha value is -1.22. The zero-order valence-corrected chi connectivity index (χ0v) is 11.7. The second-order valence-electron chi connectivity index (χ2n) is 5.86.